The predicted molar refractivity (Wildman–Crippen MR) is 103 cm³/mol. The highest BCUT2D eigenvalue weighted by Gasteiger charge is 2.14. The Bertz CT molecular complexity index is 947. The van der Waals surface area contributed by atoms with Gasteiger partial charge in [-0.25, -0.2) is 4.68 Å². The van der Waals surface area contributed by atoms with Crippen LogP contribution in [-0.4, -0.2) is 26.2 Å². The fourth-order valence-electron chi connectivity index (χ4n) is 2.82. The molecule has 0 aliphatic heterocycles. The van der Waals surface area contributed by atoms with E-state index in [2.05, 4.69) is 10.4 Å². The van der Waals surface area contributed by atoms with Crippen LogP contribution < -0.4 is 5.32 Å². The Kier molecular flexibility index (Phi) is 5.32. The van der Waals surface area contributed by atoms with Crippen molar-refractivity contribution in [2.75, 3.05) is 6.26 Å². The number of hydrogen-bond donors (Lipinski definition) is 1. The Morgan fingerprint density at radius 2 is 1.73 bits per heavy atom. The van der Waals surface area contributed by atoms with Crippen LogP contribution in [-0.2, 0) is 17.3 Å². The molecule has 0 saturated carbocycles. The van der Waals surface area contributed by atoms with Gasteiger partial charge in [0.05, 0.1) is 11.4 Å². The summed E-state index contributed by atoms with van der Waals surface area (Å²) in [5.41, 5.74) is 4.45. The molecule has 0 aliphatic carbocycles. The molecule has 26 heavy (non-hydrogen) atoms. The number of aryl methyl sites for hydroxylation is 1. The first-order chi connectivity index (χ1) is 12.5. The van der Waals surface area contributed by atoms with Gasteiger partial charge in [-0.3, -0.25) is 9.00 Å². The van der Waals surface area contributed by atoms with E-state index in [0.717, 1.165) is 22.6 Å². The van der Waals surface area contributed by atoms with Crippen molar-refractivity contribution in [2.45, 2.75) is 25.3 Å². The van der Waals surface area contributed by atoms with Crippen molar-refractivity contribution in [3.8, 4) is 5.69 Å². The minimum absolute atomic E-state index is 0.162. The number of aromatic nitrogens is 2. The fourth-order valence-corrected chi connectivity index (χ4v) is 3.34. The molecule has 3 aromatic rings. The second kappa shape index (κ2) is 7.66. The Morgan fingerprint density at radius 1 is 1.08 bits per heavy atom. The maximum atomic E-state index is 12.4. The van der Waals surface area contributed by atoms with E-state index in [-0.39, 0.29) is 5.91 Å². The monoisotopic (exact) mass is 367 g/mol. The van der Waals surface area contributed by atoms with E-state index in [4.69, 9.17) is 0 Å². The zero-order valence-corrected chi connectivity index (χ0v) is 15.8. The average molecular weight is 367 g/mol. The second-order valence-electron chi connectivity index (χ2n) is 6.06. The van der Waals surface area contributed by atoms with E-state index in [1.165, 1.54) is 0 Å². The van der Waals surface area contributed by atoms with E-state index in [1.807, 2.05) is 48.9 Å². The van der Waals surface area contributed by atoms with Crippen LogP contribution in [0, 0.1) is 13.8 Å². The van der Waals surface area contributed by atoms with Crippen LogP contribution in [0.25, 0.3) is 5.69 Å². The fraction of sp³-hybridized carbons (Fsp3) is 0.200. The number of rotatable bonds is 5. The molecule has 1 amide bonds. The van der Waals surface area contributed by atoms with Crippen molar-refractivity contribution in [3.05, 3.63) is 77.1 Å². The standard InChI is InChI=1S/C20H21N3O2S/c1-14-19(15(2)23(22-14)17-7-5-4-6-8-17)13-21-20(24)16-9-11-18(12-10-16)26(3)25/h4-12H,13H2,1-3H3,(H,21,24). The average Bonchev–Trinajstić information content (AvgIpc) is 2.94. The van der Waals surface area contributed by atoms with Gasteiger partial charge in [-0.1, -0.05) is 18.2 Å². The Hall–Kier alpha value is -2.73. The minimum Gasteiger partial charge on any atom is -0.348 e. The highest BCUT2D eigenvalue weighted by molar-refractivity contribution is 7.84. The summed E-state index contributed by atoms with van der Waals surface area (Å²) in [6.07, 6.45) is 1.62. The second-order valence-corrected chi connectivity index (χ2v) is 7.44. The Morgan fingerprint density at radius 3 is 2.35 bits per heavy atom. The van der Waals surface area contributed by atoms with Crippen molar-refractivity contribution in [1.29, 1.82) is 0 Å². The van der Waals surface area contributed by atoms with Gasteiger partial charge in [0.15, 0.2) is 0 Å². The number of carbonyl (C=O) groups excluding carboxylic acids is 1. The van der Waals surface area contributed by atoms with Gasteiger partial charge < -0.3 is 5.32 Å². The topological polar surface area (TPSA) is 64.0 Å². The normalized spacial score (nSPS) is 12.0. The summed E-state index contributed by atoms with van der Waals surface area (Å²) in [7, 11) is -1.05. The molecule has 0 bridgehead atoms. The highest BCUT2D eigenvalue weighted by Crippen LogP contribution is 2.18. The van der Waals surface area contributed by atoms with Crippen LogP contribution in [0.15, 0.2) is 59.5 Å². The molecule has 0 aliphatic rings. The SMILES string of the molecule is Cc1nn(-c2ccccc2)c(C)c1CNC(=O)c1ccc(S(C)=O)cc1. The number of amides is 1. The summed E-state index contributed by atoms with van der Waals surface area (Å²) in [5, 5.41) is 7.54. The molecule has 0 fully saturated rings. The summed E-state index contributed by atoms with van der Waals surface area (Å²) in [6.45, 7) is 4.35. The van der Waals surface area contributed by atoms with Gasteiger partial charge in [-0.2, -0.15) is 5.10 Å². The van der Waals surface area contributed by atoms with Gasteiger partial charge in [0.25, 0.3) is 5.91 Å². The summed E-state index contributed by atoms with van der Waals surface area (Å²) in [5.74, 6) is -0.162. The molecule has 1 aromatic heterocycles. The molecule has 2 aromatic carbocycles. The quantitative estimate of drug-likeness (QED) is 0.753. The molecule has 0 saturated heterocycles. The molecule has 1 N–H and O–H groups in total. The molecule has 1 unspecified atom stereocenters. The first kappa shape index (κ1) is 18.1. The summed E-state index contributed by atoms with van der Waals surface area (Å²) >= 11 is 0. The molecular weight excluding hydrogens is 346 g/mol. The lowest BCUT2D eigenvalue weighted by Gasteiger charge is -2.07. The molecular formula is C20H21N3O2S. The largest absolute Gasteiger partial charge is 0.348 e. The zero-order chi connectivity index (χ0) is 18.7. The zero-order valence-electron chi connectivity index (χ0n) is 15.0. The molecule has 134 valence electrons. The lowest BCUT2D eigenvalue weighted by molar-refractivity contribution is 0.0951. The number of nitrogens with zero attached hydrogens (tertiary/aromatic N) is 2. The van der Waals surface area contributed by atoms with Gasteiger partial charge >= 0.3 is 0 Å². The molecule has 1 atom stereocenters. The van der Waals surface area contributed by atoms with Crippen LogP contribution >= 0.6 is 0 Å². The molecule has 3 rings (SSSR count). The van der Waals surface area contributed by atoms with Crippen LogP contribution in [0.1, 0.15) is 27.3 Å². The van der Waals surface area contributed by atoms with Crippen LogP contribution in [0.3, 0.4) is 0 Å². The summed E-state index contributed by atoms with van der Waals surface area (Å²) in [4.78, 5) is 13.1. The summed E-state index contributed by atoms with van der Waals surface area (Å²) < 4.78 is 13.3. The van der Waals surface area contributed by atoms with E-state index in [1.54, 1.807) is 30.5 Å². The van der Waals surface area contributed by atoms with E-state index in [9.17, 15) is 9.00 Å². The van der Waals surface area contributed by atoms with Gasteiger partial charge in [0.1, 0.15) is 0 Å². The molecule has 5 nitrogen and oxygen atoms in total. The number of nitrogens with one attached hydrogen (secondary N) is 1. The number of para-hydroxylation sites is 1. The van der Waals surface area contributed by atoms with Crippen molar-refractivity contribution in [1.82, 2.24) is 15.1 Å². The van der Waals surface area contributed by atoms with Crippen LogP contribution in [0.4, 0.5) is 0 Å². The predicted octanol–water partition coefficient (Wildman–Crippen LogP) is 3.16. The van der Waals surface area contributed by atoms with Gasteiger partial charge in [-0.15, -0.1) is 0 Å². The van der Waals surface area contributed by atoms with Crippen LogP contribution in [0.5, 0.6) is 0 Å². The number of benzene rings is 2. The molecule has 6 heteroatoms. The maximum absolute atomic E-state index is 12.4. The van der Waals surface area contributed by atoms with Gasteiger partial charge in [0, 0.05) is 45.3 Å². The van der Waals surface area contributed by atoms with Crippen molar-refractivity contribution >= 4 is 16.7 Å². The minimum atomic E-state index is -1.05. The number of hydrogen-bond acceptors (Lipinski definition) is 3. The maximum Gasteiger partial charge on any atom is 0.251 e. The molecule has 0 radical (unpaired) electrons. The van der Waals surface area contributed by atoms with Crippen molar-refractivity contribution in [3.63, 3.8) is 0 Å². The molecule has 0 spiro atoms. The third-order valence-corrected chi connectivity index (χ3v) is 5.25. The third-order valence-electron chi connectivity index (χ3n) is 4.32. The third kappa shape index (κ3) is 3.75. The number of carbonyl (C=O) groups is 1. The van der Waals surface area contributed by atoms with Crippen molar-refractivity contribution < 1.29 is 9.00 Å². The first-order valence-corrected chi connectivity index (χ1v) is 9.85. The Labute approximate surface area is 155 Å². The summed E-state index contributed by atoms with van der Waals surface area (Å²) in [6, 6.07) is 16.7. The van der Waals surface area contributed by atoms with Gasteiger partial charge in [0.2, 0.25) is 0 Å². The molecule has 1 heterocycles. The lowest BCUT2D eigenvalue weighted by Crippen LogP contribution is -2.23. The van der Waals surface area contributed by atoms with Gasteiger partial charge in [-0.05, 0) is 50.2 Å². The smallest absolute Gasteiger partial charge is 0.251 e. The van der Waals surface area contributed by atoms with E-state index < -0.39 is 10.8 Å². The van der Waals surface area contributed by atoms with Crippen molar-refractivity contribution in [2.24, 2.45) is 0 Å². The van der Waals surface area contributed by atoms with Crippen LogP contribution in [0.2, 0.25) is 0 Å². The lowest BCUT2D eigenvalue weighted by atomic mass is 10.1. The van der Waals surface area contributed by atoms with E-state index in [0.29, 0.717) is 17.0 Å². The highest BCUT2D eigenvalue weighted by atomic mass is 32.2. The Balaban J connectivity index is 1.74. The van der Waals surface area contributed by atoms with E-state index >= 15 is 0 Å². The first-order valence-electron chi connectivity index (χ1n) is 8.29.